The average Bonchev–Trinajstić information content (AvgIpc) is 3.22. The van der Waals surface area contributed by atoms with Crippen molar-refractivity contribution in [1.82, 2.24) is 19.5 Å². The minimum atomic E-state index is 0. The van der Waals surface area contributed by atoms with Crippen LogP contribution in [0.2, 0.25) is 0 Å². The Morgan fingerprint density at radius 3 is 2.55 bits per heavy atom. The molecule has 0 fully saturated rings. The van der Waals surface area contributed by atoms with Crippen LogP contribution in [0.5, 0.6) is 11.5 Å². The lowest BCUT2D eigenvalue weighted by atomic mass is 10.2. The van der Waals surface area contributed by atoms with E-state index in [2.05, 4.69) is 23.8 Å². The first-order valence-corrected chi connectivity index (χ1v) is 9.88. The Bertz CT molecular complexity index is 1220. The molecule has 4 aromatic rings. The number of ether oxygens (including phenoxy) is 2. The summed E-state index contributed by atoms with van der Waals surface area (Å²) in [4.78, 5) is 12.1. The van der Waals surface area contributed by atoms with Crippen LogP contribution in [0.15, 0.2) is 54.9 Å². The number of nitrogens with zero attached hydrogens (tertiary/aromatic N) is 3. The van der Waals surface area contributed by atoms with Gasteiger partial charge in [0.1, 0.15) is 17.9 Å². The smallest absolute Gasteiger partial charge is 0.173 e. The van der Waals surface area contributed by atoms with Crippen molar-refractivity contribution < 1.29 is 9.47 Å². The highest BCUT2D eigenvalue weighted by Gasteiger charge is 2.13. The maximum absolute atomic E-state index is 8.09. The van der Waals surface area contributed by atoms with Gasteiger partial charge in [-0.1, -0.05) is 50.2 Å². The van der Waals surface area contributed by atoms with Crippen molar-refractivity contribution in [2.45, 2.75) is 32.9 Å². The Balaban J connectivity index is 0.00000272. The van der Waals surface area contributed by atoms with E-state index in [9.17, 15) is 0 Å². The number of rotatable bonds is 7. The Hall–Kier alpha value is -3.32. The Kier molecular flexibility index (Phi) is 6.97. The molecule has 0 aliphatic heterocycles. The second-order valence-corrected chi connectivity index (χ2v) is 7.46. The highest BCUT2D eigenvalue weighted by Crippen LogP contribution is 2.29. The van der Waals surface area contributed by atoms with Gasteiger partial charge in [0.25, 0.3) is 0 Å². The molecule has 0 radical (unpaired) electrons. The van der Waals surface area contributed by atoms with Gasteiger partial charge in [-0.05, 0) is 23.3 Å². The third kappa shape index (κ3) is 4.88. The van der Waals surface area contributed by atoms with Gasteiger partial charge in [-0.2, -0.15) is 0 Å². The summed E-state index contributed by atoms with van der Waals surface area (Å²) >= 11 is 0. The van der Waals surface area contributed by atoms with Gasteiger partial charge in [-0.3, -0.25) is 5.41 Å². The molecule has 0 amide bonds. The minimum Gasteiger partial charge on any atom is -0.493 e. The predicted octanol–water partition coefficient (Wildman–Crippen LogP) is 4.42. The van der Waals surface area contributed by atoms with Gasteiger partial charge in [0.2, 0.25) is 0 Å². The molecule has 0 unspecified atom stereocenters. The normalized spacial score (nSPS) is 10.8. The molecular formula is C23H26ClN5O2. The summed E-state index contributed by atoms with van der Waals surface area (Å²) in [6.07, 6.45) is 1.66. The van der Waals surface area contributed by atoms with E-state index in [-0.39, 0.29) is 23.8 Å². The molecule has 0 saturated carbocycles. The first-order valence-electron chi connectivity index (χ1n) is 9.88. The number of methoxy groups -OCH3 is 1. The topological polar surface area (TPSA) is 88.8 Å². The molecule has 0 spiro atoms. The highest BCUT2D eigenvalue weighted by molar-refractivity contribution is 5.85. The first kappa shape index (κ1) is 22.4. The number of benzene rings is 2. The summed E-state index contributed by atoms with van der Waals surface area (Å²) in [5.74, 6) is 2.46. The Morgan fingerprint density at radius 1 is 1.06 bits per heavy atom. The van der Waals surface area contributed by atoms with Crippen molar-refractivity contribution >= 4 is 23.6 Å². The van der Waals surface area contributed by atoms with Gasteiger partial charge in [-0.15, -0.1) is 12.4 Å². The van der Waals surface area contributed by atoms with Gasteiger partial charge in [0.05, 0.1) is 20.0 Å². The molecule has 0 atom stereocenters. The largest absolute Gasteiger partial charge is 0.493 e. The van der Waals surface area contributed by atoms with Crippen molar-refractivity contribution in [2.24, 2.45) is 0 Å². The third-order valence-electron chi connectivity index (χ3n) is 4.90. The van der Waals surface area contributed by atoms with Crippen molar-refractivity contribution in [3.8, 4) is 11.5 Å². The molecule has 2 aromatic heterocycles. The molecule has 162 valence electrons. The average molecular weight is 440 g/mol. The SMILES string of the molecule is COc1ccc(Cn2cnc(=N)c3[nH]c(C(C)C)nc32)cc1OCc1ccccc1.Cl. The maximum atomic E-state index is 8.09. The number of fused-ring (bicyclic) bond motifs is 1. The molecule has 0 aliphatic carbocycles. The standard InChI is InChI=1S/C23H25N5O2.ClH/c1-15(2)22-26-20-21(24)25-14-28(23(20)27-22)12-17-9-10-18(29-3)19(11-17)30-13-16-7-5-4-6-8-16;/h4-11,14-15,24H,12-13H2,1-3H3,(H,26,27);1H. The lowest BCUT2D eigenvalue weighted by molar-refractivity contribution is 0.284. The van der Waals surface area contributed by atoms with Gasteiger partial charge in [0, 0.05) is 5.92 Å². The lowest BCUT2D eigenvalue weighted by Crippen LogP contribution is -2.13. The summed E-state index contributed by atoms with van der Waals surface area (Å²) in [6, 6.07) is 15.9. The van der Waals surface area contributed by atoms with Crippen LogP contribution in [0.3, 0.4) is 0 Å². The van der Waals surface area contributed by atoms with Crippen LogP contribution in [-0.2, 0) is 13.2 Å². The molecule has 4 rings (SSSR count). The number of H-pyrrole nitrogens is 1. The fourth-order valence-corrected chi connectivity index (χ4v) is 3.25. The zero-order valence-corrected chi connectivity index (χ0v) is 18.6. The second-order valence-electron chi connectivity index (χ2n) is 7.46. The van der Waals surface area contributed by atoms with E-state index in [1.54, 1.807) is 13.4 Å². The number of hydrogen-bond donors (Lipinski definition) is 2. The Morgan fingerprint density at radius 2 is 1.84 bits per heavy atom. The quantitative estimate of drug-likeness (QED) is 0.446. The molecule has 0 bridgehead atoms. The summed E-state index contributed by atoms with van der Waals surface area (Å²) < 4.78 is 13.4. The molecule has 2 heterocycles. The van der Waals surface area contributed by atoms with Crippen LogP contribution in [0.1, 0.15) is 36.7 Å². The molecular weight excluding hydrogens is 414 g/mol. The maximum Gasteiger partial charge on any atom is 0.173 e. The second kappa shape index (κ2) is 9.66. The fraction of sp³-hybridized carbons (Fsp3) is 0.261. The van der Waals surface area contributed by atoms with Crippen LogP contribution < -0.4 is 15.0 Å². The zero-order valence-electron chi connectivity index (χ0n) is 17.8. The number of aromatic nitrogens is 4. The highest BCUT2D eigenvalue weighted by atomic mass is 35.5. The summed E-state index contributed by atoms with van der Waals surface area (Å²) in [7, 11) is 1.64. The van der Waals surface area contributed by atoms with Crippen molar-refractivity contribution in [3.63, 3.8) is 0 Å². The van der Waals surface area contributed by atoms with Crippen LogP contribution >= 0.6 is 12.4 Å². The Labute approximate surface area is 187 Å². The number of aromatic amines is 1. The number of halogens is 1. The molecule has 0 saturated heterocycles. The summed E-state index contributed by atoms with van der Waals surface area (Å²) in [6.45, 7) is 5.15. The van der Waals surface area contributed by atoms with E-state index in [0.717, 1.165) is 22.6 Å². The monoisotopic (exact) mass is 439 g/mol. The van der Waals surface area contributed by atoms with E-state index in [1.807, 2.05) is 53.1 Å². The summed E-state index contributed by atoms with van der Waals surface area (Å²) in [5.41, 5.74) is 3.69. The fourth-order valence-electron chi connectivity index (χ4n) is 3.25. The zero-order chi connectivity index (χ0) is 21.1. The number of hydrogen-bond acceptors (Lipinski definition) is 5. The lowest BCUT2D eigenvalue weighted by Gasteiger charge is -2.13. The van der Waals surface area contributed by atoms with Gasteiger partial charge in [-0.25, -0.2) is 9.97 Å². The number of nitrogens with one attached hydrogen (secondary N) is 2. The van der Waals surface area contributed by atoms with Crippen molar-refractivity contribution in [3.05, 3.63) is 77.3 Å². The van der Waals surface area contributed by atoms with E-state index >= 15 is 0 Å². The van der Waals surface area contributed by atoms with E-state index < -0.39 is 0 Å². The van der Waals surface area contributed by atoms with Gasteiger partial charge < -0.3 is 19.0 Å². The molecule has 7 nitrogen and oxygen atoms in total. The molecule has 2 N–H and O–H groups in total. The van der Waals surface area contributed by atoms with Gasteiger partial charge >= 0.3 is 0 Å². The first-order chi connectivity index (χ1) is 14.5. The molecule has 2 aromatic carbocycles. The van der Waals surface area contributed by atoms with Crippen molar-refractivity contribution in [2.75, 3.05) is 7.11 Å². The van der Waals surface area contributed by atoms with Gasteiger partial charge in [0.15, 0.2) is 22.6 Å². The summed E-state index contributed by atoms with van der Waals surface area (Å²) in [5, 5.41) is 8.09. The molecule has 31 heavy (non-hydrogen) atoms. The molecule has 0 aliphatic rings. The minimum absolute atomic E-state index is 0. The van der Waals surface area contributed by atoms with E-state index in [1.165, 1.54) is 0 Å². The van der Waals surface area contributed by atoms with Crippen LogP contribution in [0.4, 0.5) is 0 Å². The third-order valence-corrected chi connectivity index (χ3v) is 4.90. The van der Waals surface area contributed by atoms with Crippen LogP contribution in [0, 0.1) is 5.41 Å². The predicted molar refractivity (Wildman–Crippen MR) is 122 cm³/mol. The van der Waals surface area contributed by atoms with E-state index in [0.29, 0.717) is 30.2 Å². The van der Waals surface area contributed by atoms with Crippen LogP contribution in [-0.4, -0.2) is 26.6 Å². The van der Waals surface area contributed by atoms with Crippen molar-refractivity contribution in [1.29, 1.82) is 5.41 Å². The molecule has 8 heteroatoms. The van der Waals surface area contributed by atoms with Crippen LogP contribution in [0.25, 0.3) is 11.2 Å². The number of imidazole rings is 1. The van der Waals surface area contributed by atoms with E-state index in [4.69, 9.17) is 19.9 Å².